The first-order chi connectivity index (χ1) is 16.6. The van der Waals surface area contributed by atoms with Crippen LogP contribution in [0.25, 0.3) is 11.4 Å². The van der Waals surface area contributed by atoms with Gasteiger partial charge in [-0.15, -0.1) is 10.2 Å². The summed E-state index contributed by atoms with van der Waals surface area (Å²) in [5, 5.41) is 11.3. The van der Waals surface area contributed by atoms with Gasteiger partial charge in [-0.05, 0) is 48.9 Å². The number of carbonyl (C=O) groups is 1. The van der Waals surface area contributed by atoms with Gasteiger partial charge in [-0.1, -0.05) is 48.2 Å². The summed E-state index contributed by atoms with van der Waals surface area (Å²) in [4.78, 5) is 13.3. The summed E-state index contributed by atoms with van der Waals surface area (Å²) in [5.74, 6) is 8.04. The minimum atomic E-state index is -0.605. The smallest absolute Gasteiger partial charge is 0.242 e. The van der Waals surface area contributed by atoms with Gasteiger partial charge in [0.15, 0.2) is 5.82 Å². The summed E-state index contributed by atoms with van der Waals surface area (Å²) in [7, 11) is 1.58. The average Bonchev–Trinajstić information content (AvgIpc) is 3.23. The standard InChI is InChI=1S/C25H25N5O3S/c1-3-33-20-14-12-18(13-15-20)23-28-29-25(30(23)26)34-22(17-8-5-4-6-9-17)24(31)27-19-10-7-11-21(16-19)32-2/h4-16,22H,3,26H2,1-2H3,(H,27,31). The number of nitrogens with zero attached hydrogens (tertiary/aromatic N) is 3. The van der Waals surface area contributed by atoms with E-state index in [0.717, 1.165) is 16.9 Å². The van der Waals surface area contributed by atoms with E-state index in [1.54, 1.807) is 13.2 Å². The fourth-order valence-electron chi connectivity index (χ4n) is 3.34. The lowest BCUT2D eigenvalue weighted by Crippen LogP contribution is -2.20. The molecule has 1 aromatic heterocycles. The molecule has 0 bridgehead atoms. The predicted octanol–water partition coefficient (Wildman–Crippen LogP) is 4.54. The number of hydrogen-bond donors (Lipinski definition) is 2. The number of thioether (sulfide) groups is 1. The monoisotopic (exact) mass is 475 g/mol. The number of hydrogen-bond acceptors (Lipinski definition) is 7. The molecule has 1 unspecified atom stereocenters. The first kappa shape index (κ1) is 23.2. The highest BCUT2D eigenvalue weighted by Gasteiger charge is 2.26. The van der Waals surface area contributed by atoms with Crippen molar-refractivity contribution in [2.75, 3.05) is 24.9 Å². The molecule has 1 amide bonds. The van der Waals surface area contributed by atoms with Crippen molar-refractivity contribution in [3.8, 4) is 22.9 Å². The SMILES string of the molecule is CCOc1ccc(-c2nnc(SC(C(=O)Nc3cccc(OC)c3)c3ccccc3)n2N)cc1. The lowest BCUT2D eigenvalue weighted by molar-refractivity contribution is -0.115. The van der Waals surface area contributed by atoms with Gasteiger partial charge in [0.2, 0.25) is 11.1 Å². The Morgan fingerprint density at radius 3 is 2.50 bits per heavy atom. The summed E-state index contributed by atoms with van der Waals surface area (Å²) in [6.07, 6.45) is 0. The van der Waals surface area contributed by atoms with Crippen molar-refractivity contribution in [3.63, 3.8) is 0 Å². The zero-order valence-corrected chi connectivity index (χ0v) is 19.7. The molecule has 8 nitrogen and oxygen atoms in total. The fraction of sp³-hybridized carbons (Fsp3) is 0.160. The molecule has 0 spiro atoms. The number of benzene rings is 3. The van der Waals surface area contributed by atoms with Crippen LogP contribution in [0.15, 0.2) is 84.0 Å². The van der Waals surface area contributed by atoms with E-state index in [0.29, 0.717) is 29.0 Å². The number of methoxy groups -OCH3 is 1. The summed E-state index contributed by atoms with van der Waals surface area (Å²) in [5.41, 5.74) is 2.25. The average molecular weight is 476 g/mol. The summed E-state index contributed by atoms with van der Waals surface area (Å²) in [6, 6.07) is 24.1. The van der Waals surface area contributed by atoms with Crippen LogP contribution in [0.2, 0.25) is 0 Å². The molecule has 174 valence electrons. The molecule has 9 heteroatoms. The molecule has 0 aliphatic rings. The second-order valence-electron chi connectivity index (χ2n) is 7.26. The van der Waals surface area contributed by atoms with Gasteiger partial charge < -0.3 is 20.6 Å². The minimum Gasteiger partial charge on any atom is -0.497 e. The Morgan fingerprint density at radius 1 is 1.03 bits per heavy atom. The summed E-state index contributed by atoms with van der Waals surface area (Å²) < 4.78 is 12.1. The molecule has 0 aliphatic carbocycles. The topological polar surface area (TPSA) is 104 Å². The number of nitrogen functional groups attached to an aromatic ring is 1. The van der Waals surface area contributed by atoms with Crippen LogP contribution in [-0.2, 0) is 4.79 Å². The van der Waals surface area contributed by atoms with Crippen LogP contribution in [0, 0.1) is 0 Å². The van der Waals surface area contributed by atoms with E-state index < -0.39 is 5.25 Å². The van der Waals surface area contributed by atoms with E-state index >= 15 is 0 Å². The van der Waals surface area contributed by atoms with Crippen LogP contribution < -0.4 is 20.6 Å². The molecule has 0 aliphatic heterocycles. The van der Waals surface area contributed by atoms with Gasteiger partial charge >= 0.3 is 0 Å². The lowest BCUT2D eigenvalue weighted by atomic mass is 10.1. The van der Waals surface area contributed by atoms with Crippen LogP contribution in [-0.4, -0.2) is 34.5 Å². The Bertz CT molecular complexity index is 1250. The van der Waals surface area contributed by atoms with E-state index in [4.69, 9.17) is 15.3 Å². The zero-order valence-electron chi connectivity index (χ0n) is 18.8. The minimum absolute atomic E-state index is 0.213. The van der Waals surface area contributed by atoms with Gasteiger partial charge in [0.25, 0.3) is 0 Å². The number of rotatable bonds is 9. The molecule has 0 saturated heterocycles. The maximum Gasteiger partial charge on any atom is 0.242 e. The molecule has 0 fully saturated rings. The second-order valence-corrected chi connectivity index (χ2v) is 8.34. The number of nitrogens with two attached hydrogens (primary N) is 1. The molecule has 3 N–H and O–H groups in total. The van der Waals surface area contributed by atoms with Crippen LogP contribution in [0.4, 0.5) is 5.69 Å². The molecule has 1 heterocycles. The van der Waals surface area contributed by atoms with E-state index in [-0.39, 0.29) is 5.91 Å². The van der Waals surface area contributed by atoms with Crippen molar-refractivity contribution < 1.29 is 14.3 Å². The van der Waals surface area contributed by atoms with E-state index in [1.165, 1.54) is 16.4 Å². The molecule has 4 aromatic rings. The van der Waals surface area contributed by atoms with Crippen LogP contribution in [0.3, 0.4) is 0 Å². The zero-order chi connectivity index (χ0) is 23.9. The third-order valence-electron chi connectivity index (χ3n) is 4.99. The first-order valence-corrected chi connectivity index (χ1v) is 11.6. The Hall–Kier alpha value is -3.98. The third-order valence-corrected chi connectivity index (χ3v) is 6.20. The highest BCUT2D eigenvalue weighted by molar-refractivity contribution is 8.00. The van der Waals surface area contributed by atoms with Gasteiger partial charge in [0.05, 0.1) is 13.7 Å². The fourth-order valence-corrected chi connectivity index (χ4v) is 4.29. The predicted molar refractivity (Wildman–Crippen MR) is 133 cm³/mol. The summed E-state index contributed by atoms with van der Waals surface area (Å²) >= 11 is 1.23. The number of amides is 1. The molecule has 0 radical (unpaired) electrons. The molecule has 1 atom stereocenters. The van der Waals surface area contributed by atoms with Crippen molar-refractivity contribution in [1.29, 1.82) is 0 Å². The van der Waals surface area contributed by atoms with Crippen molar-refractivity contribution in [2.45, 2.75) is 17.3 Å². The Labute approximate surface area is 202 Å². The first-order valence-electron chi connectivity index (χ1n) is 10.7. The number of nitrogens with one attached hydrogen (secondary N) is 1. The quantitative estimate of drug-likeness (QED) is 0.271. The normalized spacial score (nSPS) is 11.6. The van der Waals surface area contributed by atoms with Gasteiger partial charge in [0, 0.05) is 17.3 Å². The van der Waals surface area contributed by atoms with Crippen molar-refractivity contribution in [1.82, 2.24) is 14.9 Å². The summed E-state index contributed by atoms with van der Waals surface area (Å²) in [6.45, 7) is 2.52. The molecular formula is C25H25N5O3S. The molecule has 34 heavy (non-hydrogen) atoms. The molecule has 3 aromatic carbocycles. The number of anilines is 1. The molecule has 0 saturated carbocycles. The number of aromatic nitrogens is 3. The van der Waals surface area contributed by atoms with E-state index in [1.807, 2.05) is 79.7 Å². The Kier molecular flexibility index (Phi) is 7.34. The highest BCUT2D eigenvalue weighted by atomic mass is 32.2. The number of ether oxygens (including phenoxy) is 2. The van der Waals surface area contributed by atoms with Gasteiger partial charge in [0.1, 0.15) is 16.7 Å². The van der Waals surface area contributed by atoms with Crippen LogP contribution in [0.1, 0.15) is 17.7 Å². The number of carbonyl (C=O) groups excluding carboxylic acids is 1. The second kappa shape index (κ2) is 10.8. The van der Waals surface area contributed by atoms with Gasteiger partial charge in [-0.25, -0.2) is 4.68 Å². The van der Waals surface area contributed by atoms with Crippen LogP contribution >= 0.6 is 11.8 Å². The Morgan fingerprint density at radius 2 is 1.79 bits per heavy atom. The largest absolute Gasteiger partial charge is 0.497 e. The molecule has 4 rings (SSSR count). The van der Waals surface area contributed by atoms with Crippen molar-refractivity contribution in [2.24, 2.45) is 0 Å². The highest BCUT2D eigenvalue weighted by Crippen LogP contribution is 2.36. The van der Waals surface area contributed by atoms with Gasteiger partial charge in [-0.2, -0.15) is 0 Å². The molecular weight excluding hydrogens is 450 g/mol. The maximum absolute atomic E-state index is 13.3. The van der Waals surface area contributed by atoms with E-state index in [2.05, 4.69) is 15.5 Å². The maximum atomic E-state index is 13.3. The third kappa shape index (κ3) is 5.32. The lowest BCUT2D eigenvalue weighted by Gasteiger charge is -2.17. The Balaban J connectivity index is 1.59. The van der Waals surface area contributed by atoms with Gasteiger partial charge in [-0.3, -0.25) is 4.79 Å². The van der Waals surface area contributed by atoms with Crippen molar-refractivity contribution >= 4 is 23.4 Å². The van der Waals surface area contributed by atoms with Crippen molar-refractivity contribution in [3.05, 3.63) is 84.4 Å². The van der Waals surface area contributed by atoms with Crippen LogP contribution in [0.5, 0.6) is 11.5 Å². The van der Waals surface area contributed by atoms with E-state index in [9.17, 15) is 4.79 Å².